The van der Waals surface area contributed by atoms with E-state index in [4.69, 9.17) is 26.4 Å². The van der Waals surface area contributed by atoms with Crippen LogP contribution in [0.2, 0.25) is 5.02 Å². The molecular formula is C13H11BClFO3. The van der Waals surface area contributed by atoms with Crippen LogP contribution in [0.1, 0.15) is 5.56 Å². The highest BCUT2D eigenvalue weighted by Crippen LogP contribution is 2.16. The Morgan fingerprint density at radius 2 is 1.79 bits per heavy atom. The first-order valence-corrected chi connectivity index (χ1v) is 5.97. The lowest BCUT2D eigenvalue weighted by molar-refractivity contribution is 0.306. The third kappa shape index (κ3) is 3.70. The maximum absolute atomic E-state index is 13.3. The Morgan fingerprint density at radius 3 is 2.42 bits per heavy atom. The summed E-state index contributed by atoms with van der Waals surface area (Å²) < 4.78 is 18.7. The summed E-state index contributed by atoms with van der Waals surface area (Å²) in [5, 5.41) is 18.6. The second-order valence-electron chi connectivity index (χ2n) is 3.97. The van der Waals surface area contributed by atoms with Gasteiger partial charge in [0.15, 0.2) is 0 Å². The number of halogens is 2. The van der Waals surface area contributed by atoms with E-state index in [2.05, 4.69) is 0 Å². The molecule has 0 aromatic heterocycles. The van der Waals surface area contributed by atoms with E-state index in [0.29, 0.717) is 16.3 Å². The van der Waals surface area contributed by atoms with E-state index >= 15 is 0 Å². The predicted octanol–water partition coefficient (Wildman–Crippen LogP) is 1.74. The van der Waals surface area contributed by atoms with Gasteiger partial charge in [0.1, 0.15) is 18.2 Å². The Hall–Kier alpha value is -1.56. The molecule has 0 unspecified atom stereocenters. The second-order valence-corrected chi connectivity index (χ2v) is 4.41. The van der Waals surface area contributed by atoms with Gasteiger partial charge in [-0.15, -0.1) is 0 Å². The molecule has 0 radical (unpaired) electrons. The van der Waals surface area contributed by atoms with Crippen molar-refractivity contribution in [2.75, 3.05) is 0 Å². The number of rotatable bonds is 4. The summed E-state index contributed by atoms with van der Waals surface area (Å²) in [6.07, 6.45) is 0. The molecule has 2 N–H and O–H groups in total. The van der Waals surface area contributed by atoms with E-state index < -0.39 is 12.9 Å². The molecule has 98 valence electrons. The van der Waals surface area contributed by atoms with Gasteiger partial charge in [0.25, 0.3) is 0 Å². The highest BCUT2D eigenvalue weighted by molar-refractivity contribution is 6.58. The van der Waals surface area contributed by atoms with Gasteiger partial charge >= 0.3 is 7.12 Å². The minimum atomic E-state index is -1.84. The zero-order chi connectivity index (χ0) is 13.8. The van der Waals surface area contributed by atoms with E-state index in [0.717, 1.165) is 0 Å². The third-order valence-electron chi connectivity index (χ3n) is 2.56. The topological polar surface area (TPSA) is 49.7 Å². The van der Waals surface area contributed by atoms with Crippen LogP contribution in [0.3, 0.4) is 0 Å². The van der Waals surface area contributed by atoms with Crippen molar-refractivity contribution >= 4 is 24.2 Å². The fourth-order valence-electron chi connectivity index (χ4n) is 1.58. The Kier molecular flexibility index (Phi) is 4.42. The molecule has 0 bridgehead atoms. The van der Waals surface area contributed by atoms with Crippen molar-refractivity contribution in [3.8, 4) is 5.75 Å². The van der Waals surface area contributed by atoms with Crippen LogP contribution >= 0.6 is 11.6 Å². The highest BCUT2D eigenvalue weighted by Gasteiger charge is 2.16. The highest BCUT2D eigenvalue weighted by atomic mass is 35.5. The lowest BCUT2D eigenvalue weighted by atomic mass is 9.79. The van der Waals surface area contributed by atoms with E-state index in [-0.39, 0.29) is 12.1 Å². The predicted molar refractivity (Wildman–Crippen MR) is 72.0 cm³/mol. The molecule has 2 aromatic carbocycles. The lowest BCUT2D eigenvalue weighted by Gasteiger charge is -2.08. The number of hydrogen-bond acceptors (Lipinski definition) is 3. The maximum Gasteiger partial charge on any atom is 0.491 e. The van der Waals surface area contributed by atoms with Crippen LogP contribution in [0.5, 0.6) is 5.75 Å². The molecule has 0 saturated heterocycles. The summed E-state index contributed by atoms with van der Waals surface area (Å²) in [6.45, 7) is 0.196. The SMILES string of the molecule is OB(O)c1cc(COc2ccc(Cl)cc2)ccc1F. The first kappa shape index (κ1) is 13.9. The molecule has 19 heavy (non-hydrogen) atoms. The fourth-order valence-corrected chi connectivity index (χ4v) is 1.70. The van der Waals surface area contributed by atoms with Crippen LogP contribution in [0.25, 0.3) is 0 Å². The van der Waals surface area contributed by atoms with Crippen LogP contribution in [-0.2, 0) is 6.61 Å². The van der Waals surface area contributed by atoms with Crippen LogP contribution in [-0.4, -0.2) is 17.2 Å². The van der Waals surface area contributed by atoms with Gasteiger partial charge in [-0.2, -0.15) is 0 Å². The lowest BCUT2D eigenvalue weighted by Crippen LogP contribution is -2.33. The monoisotopic (exact) mass is 280 g/mol. The van der Waals surface area contributed by atoms with Crippen molar-refractivity contribution in [2.45, 2.75) is 6.61 Å². The Balaban J connectivity index is 2.07. The number of benzene rings is 2. The molecule has 0 spiro atoms. The normalized spacial score (nSPS) is 10.3. The van der Waals surface area contributed by atoms with Crippen LogP contribution < -0.4 is 10.2 Å². The van der Waals surface area contributed by atoms with Crippen molar-refractivity contribution in [1.82, 2.24) is 0 Å². The standard InChI is InChI=1S/C13H11BClFO3/c15-10-2-4-11(5-3-10)19-8-9-1-6-13(16)12(7-9)14(17)18/h1-7,17-18H,8H2. The van der Waals surface area contributed by atoms with Gasteiger partial charge in [-0.25, -0.2) is 4.39 Å². The second kappa shape index (κ2) is 6.06. The first-order chi connectivity index (χ1) is 9.06. The average Bonchev–Trinajstić information content (AvgIpc) is 2.39. The zero-order valence-electron chi connectivity index (χ0n) is 9.88. The van der Waals surface area contributed by atoms with E-state index in [1.807, 2.05) is 0 Å². The molecule has 0 heterocycles. The van der Waals surface area contributed by atoms with E-state index in [9.17, 15) is 4.39 Å². The minimum absolute atomic E-state index is 0.169. The fraction of sp³-hybridized carbons (Fsp3) is 0.0769. The molecule has 0 aliphatic rings. The maximum atomic E-state index is 13.3. The molecule has 0 aliphatic carbocycles. The van der Waals surface area contributed by atoms with Crippen molar-refractivity contribution < 1.29 is 19.2 Å². The molecule has 0 atom stereocenters. The summed E-state index contributed by atoms with van der Waals surface area (Å²) >= 11 is 5.75. The summed E-state index contributed by atoms with van der Waals surface area (Å²) in [5.74, 6) is -0.0370. The molecule has 2 rings (SSSR count). The third-order valence-corrected chi connectivity index (χ3v) is 2.81. The molecular weight excluding hydrogens is 269 g/mol. The largest absolute Gasteiger partial charge is 0.491 e. The minimum Gasteiger partial charge on any atom is -0.489 e. The molecule has 0 aliphatic heterocycles. The van der Waals surface area contributed by atoms with E-state index in [1.54, 1.807) is 24.3 Å². The van der Waals surface area contributed by atoms with Gasteiger partial charge in [0.2, 0.25) is 0 Å². The van der Waals surface area contributed by atoms with Gasteiger partial charge in [0, 0.05) is 10.5 Å². The zero-order valence-corrected chi connectivity index (χ0v) is 10.6. The van der Waals surface area contributed by atoms with Crippen molar-refractivity contribution in [1.29, 1.82) is 0 Å². The Morgan fingerprint density at radius 1 is 1.11 bits per heavy atom. The number of hydrogen-bond donors (Lipinski definition) is 2. The summed E-state index contributed by atoms with van der Waals surface area (Å²) in [6, 6.07) is 10.9. The van der Waals surface area contributed by atoms with Gasteiger partial charge in [-0.1, -0.05) is 23.7 Å². The summed E-state index contributed by atoms with van der Waals surface area (Å²) in [5.41, 5.74) is 0.469. The number of ether oxygens (including phenoxy) is 1. The Labute approximate surface area is 115 Å². The molecule has 3 nitrogen and oxygen atoms in total. The molecule has 0 amide bonds. The first-order valence-electron chi connectivity index (χ1n) is 5.59. The van der Waals surface area contributed by atoms with Gasteiger partial charge < -0.3 is 14.8 Å². The average molecular weight is 280 g/mol. The smallest absolute Gasteiger partial charge is 0.489 e. The van der Waals surface area contributed by atoms with Gasteiger partial charge in [-0.05, 0) is 35.9 Å². The molecule has 0 saturated carbocycles. The Bertz CT molecular complexity index is 560. The van der Waals surface area contributed by atoms with Gasteiger partial charge in [0.05, 0.1) is 0 Å². The van der Waals surface area contributed by atoms with Crippen molar-refractivity contribution in [2.24, 2.45) is 0 Å². The van der Waals surface area contributed by atoms with Crippen molar-refractivity contribution in [3.63, 3.8) is 0 Å². The molecule has 0 fully saturated rings. The van der Waals surface area contributed by atoms with Crippen molar-refractivity contribution in [3.05, 3.63) is 58.9 Å². The van der Waals surface area contributed by atoms with Crippen LogP contribution in [0.4, 0.5) is 4.39 Å². The quantitative estimate of drug-likeness (QED) is 0.839. The summed E-state index contributed by atoms with van der Waals surface area (Å²) in [7, 11) is -1.84. The van der Waals surface area contributed by atoms with Crippen LogP contribution in [0.15, 0.2) is 42.5 Å². The van der Waals surface area contributed by atoms with E-state index in [1.165, 1.54) is 18.2 Å². The summed E-state index contributed by atoms with van der Waals surface area (Å²) in [4.78, 5) is 0. The van der Waals surface area contributed by atoms with Crippen LogP contribution in [0, 0.1) is 5.82 Å². The molecule has 2 aromatic rings. The molecule has 6 heteroatoms. The van der Waals surface area contributed by atoms with Gasteiger partial charge in [-0.3, -0.25) is 0 Å².